The zero-order valence-corrected chi connectivity index (χ0v) is 23.1. The smallest absolute Gasteiger partial charge is 0.264 e. The molecule has 1 heterocycles. The molecular formula is C28H27BrN4O3S. The molecule has 0 radical (unpaired) electrons. The van der Waals surface area contributed by atoms with Gasteiger partial charge in [0.15, 0.2) is 0 Å². The molecule has 0 spiro atoms. The molecule has 0 aliphatic heterocycles. The number of carbonyl (C=O) groups excluding carboxylic acids is 1. The molecule has 4 rings (SSSR count). The van der Waals surface area contributed by atoms with Crippen LogP contribution in [0.25, 0.3) is 5.69 Å². The molecule has 1 aromatic heterocycles. The van der Waals surface area contributed by atoms with E-state index in [1.54, 1.807) is 48.7 Å². The predicted octanol–water partition coefficient (Wildman–Crippen LogP) is 5.51. The number of benzene rings is 3. The fourth-order valence-electron chi connectivity index (χ4n) is 4.02. The number of anilines is 1. The Morgan fingerprint density at radius 3 is 2.35 bits per heavy atom. The van der Waals surface area contributed by atoms with Crippen molar-refractivity contribution in [3.8, 4) is 5.69 Å². The van der Waals surface area contributed by atoms with Gasteiger partial charge in [-0.15, -0.1) is 0 Å². The molecule has 7 nitrogen and oxygen atoms in total. The van der Waals surface area contributed by atoms with Crippen molar-refractivity contribution in [1.82, 2.24) is 9.99 Å². The average Bonchev–Trinajstić information content (AvgIpc) is 3.16. The maximum absolute atomic E-state index is 13.4. The molecule has 37 heavy (non-hydrogen) atoms. The van der Waals surface area contributed by atoms with Gasteiger partial charge < -0.3 is 4.57 Å². The summed E-state index contributed by atoms with van der Waals surface area (Å²) in [6, 6.07) is 25.0. The lowest BCUT2D eigenvalue weighted by Gasteiger charge is -2.23. The van der Waals surface area contributed by atoms with E-state index in [9.17, 15) is 13.2 Å². The van der Waals surface area contributed by atoms with Crippen molar-refractivity contribution in [2.45, 2.75) is 25.7 Å². The van der Waals surface area contributed by atoms with Gasteiger partial charge >= 0.3 is 0 Å². The standard InChI is InChI=1S/C28H27BrN4O3S/c1-20-12-14-27(15-13-20)37(35,36)32(25-9-5-4-6-10-25)19-28(34)31-30-18-23-16-21(2)33(22(23)3)26-11-7-8-24(29)17-26/h4-18H,19H2,1-3H3,(H,31,34)/b30-18-. The van der Waals surface area contributed by atoms with E-state index >= 15 is 0 Å². The van der Waals surface area contributed by atoms with Crippen LogP contribution in [-0.4, -0.2) is 31.7 Å². The van der Waals surface area contributed by atoms with E-state index < -0.39 is 22.5 Å². The summed E-state index contributed by atoms with van der Waals surface area (Å²) in [4.78, 5) is 12.9. The summed E-state index contributed by atoms with van der Waals surface area (Å²) >= 11 is 3.51. The van der Waals surface area contributed by atoms with Gasteiger partial charge in [-0.2, -0.15) is 5.10 Å². The third-order valence-electron chi connectivity index (χ3n) is 5.87. The molecule has 0 atom stereocenters. The minimum Gasteiger partial charge on any atom is -0.318 e. The Kier molecular flexibility index (Phi) is 7.94. The summed E-state index contributed by atoms with van der Waals surface area (Å²) < 4.78 is 31.0. The topological polar surface area (TPSA) is 83.8 Å². The van der Waals surface area contributed by atoms with Gasteiger partial charge in [-0.1, -0.05) is 57.9 Å². The number of carbonyl (C=O) groups is 1. The second-order valence-electron chi connectivity index (χ2n) is 8.60. The Hall–Kier alpha value is -3.69. The fourth-order valence-corrected chi connectivity index (χ4v) is 5.83. The Labute approximate surface area is 225 Å². The van der Waals surface area contributed by atoms with Crippen molar-refractivity contribution in [2.24, 2.45) is 5.10 Å². The van der Waals surface area contributed by atoms with E-state index in [-0.39, 0.29) is 4.90 Å². The maximum Gasteiger partial charge on any atom is 0.264 e. The first-order valence-corrected chi connectivity index (χ1v) is 13.8. The SMILES string of the molecule is Cc1ccc(S(=O)(=O)N(CC(=O)N/N=C\c2cc(C)n(-c3cccc(Br)c3)c2C)c2ccccc2)cc1. The lowest BCUT2D eigenvalue weighted by atomic mass is 10.2. The van der Waals surface area contributed by atoms with Crippen molar-refractivity contribution in [3.05, 3.63) is 112 Å². The summed E-state index contributed by atoms with van der Waals surface area (Å²) in [6.07, 6.45) is 1.57. The van der Waals surface area contributed by atoms with Crippen LogP contribution in [0.1, 0.15) is 22.5 Å². The summed E-state index contributed by atoms with van der Waals surface area (Å²) in [5.74, 6) is -0.559. The van der Waals surface area contributed by atoms with E-state index in [1.807, 2.05) is 51.1 Å². The van der Waals surface area contributed by atoms with Crippen LogP contribution in [-0.2, 0) is 14.8 Å². The summed E-state index contributed by atoms with van der Waals surface area (Å²) in [5.41, 5.74) is 7.63. The van der Waals surface area contributed by atoms with E-state index in [0.29, 0.717) is 5.69 Å². The maximum atomic E-state index is 13.4. The summed E-state index contributed by atoms with van der Waals surface area (Å²) in [5, 5.41) is 4.11. The lowest BCUT2D eigenvalue weighted by molar-refractivity contribution is -0.119. The van der Waals surface area contributed by atoms with Crippen LogP contribution >= 0.6 is 15.9 Å². The molecule has 9 heteroatoms. The minimum atomic E-state index is -3.97. The number of nitrogens with zero attached hydrogens (tertiary/aromatic N) is 3. The van der Waals surface area contributed by atoms with Crippen molar-refractivity contribution in [1.29, 1.82) is 0 Å². The number of aromatic nitrogens is 1. The number of amides is 1. The number of nitrogens with one attached hydrogen (secondary N) is 1. The molecule has 0 aliphatic rings. The van der Waals surface area contributed by atoms with E-state index in [0.717, 1.165) is 37.0 Å². The Balaban J connectivity index is 1.53. The van der Waals surface area contributed by atoms with Gasteiger partial charge in [0.25, 0.3) is 15.9 Å². The second-order valence-corrected chi connectivity index (χ2v) is 11.4. The molecule has 0 fully saturated rings. The molecule has 190 valence electrons. The number of hydrazone groups is 1. The summed E-state index contributed by atoms with van der Waals surface area (Å²) in [6.45, 7) is 5.43. The van der Waals surface area contributed by atoms with Gasteiger partial charge in [-0.05, 0) is 69.3 Å². The first-order valence-electron chi connectivity index (χ1n) is 11.6. The third-order valence-corrected chi connectivity index (χ3v) is 8.15. The molecule has 0 saturated heterocycles. The van der Waals surface area contributed by atoms with Gasteiger partial charge in [-0.25, -0.2) is 13.8 Å². The minimum absolute atomic E-state index is 0.109. The highest BCUT2D eigenvalue weighted by Gasteiger charge is 2.27. The van der Waals surface area contributed by atoms with Crippen LogP contribution in [0, 0.1) is 20.8 Å². The average molecular weight is 580 g/mol. The Morgan fingerprint density at radius 2 is 1.68 bits per heavy atom. The number of sulfonamides is 1. The highest BCUT2D eigenvalue weighted by molar-refractivity contribution is 9.10. The van der Waals surface area contributed by atoms with Crippen LogP contribution in [0.5, 0.6) is 0 Å². The van der Waals surface area contributed by atoms with Crippen LogP contribution < -0.4 is 9.73 Å². The Bertz CT molecular complexity index is 1550. The van der Waals surface area contributed by atoms with Crippen LogP contribution in [0.15, 0.2) is 99.4 Å². The monoisotopic (exact) mass is 578 g/mol. The second kappa shape index (κ2) is 11.1. The zero-order chi connectivity index (χ0) is 26.6. The first kappa shape index (κ1) is 26.4. The van der Waals surface area contributed by atoms with E-state index in [1.165, 1.54) is 12.1 Å². The molecule has 1 N–H and O–H groups in total. The normalized spacial score (nSPS) is 11.6. The molecule has 4 aromatic rings. The predicted molar refractivity (Wildman–Crippen MR) is 151 cm³/mol. The third kappa shape index (κ3) is 6.00. The van der Waals surface area contributed by atoms with Crippen molar-refractivity contribution in [3.63, 3.8) is 0 Å². The van der Waals surface area contributed by atoms with Crippen molar-refractivity contribution in [2.75, 3.05) is 10.8 Å². The number of hydrogen-bond donors (Lipinski definition) is 1. The first-order chi connectivity index (χ1) is 17.7. The molecule has 0 bridgehead atoms. The number of aryl methyl sites for hydroxylation is 2. The van der Waals surface area contributed by atoms with Gasteiger partial charge in [0.05, 0.1) is 16.8 Å². The molecular weight excluding hydrogens is 552 g/mol. The lowest BCUT2D eigenvalue weighted by Crippen LogP contribution is -2.39. The van der Waals surface area contributed by atoms with E-state index in [4.69, 9.17) is 0 Å². The molecule has 0 unspecified atom stereocenters. The van der Waals surface area contributed by atoms with Crippen molar-refractivity contribution >= 4 is 43.8 Å². The largest absolute Gasteiger partial charge is 0.318 e. The number of hydrogen-bond acceptors (Lipinski definition) is 4. The van der Waals surface area contributed by atoms with Crippen LogP contribution in [0.3, 0.4) is 0 Å². The van der Waals surface area contributed by atoms with Crippen LogP contribution in [0.4, 0.5) is 5.69 Å². The number of rotatable bonds is 8. The van der Waals surface area contributed by atoms with Gasteiger partial charge in [0.1, 0.15) is 6.54 Å². The number of para-hydroxylation sites is 1. The van der Waals surface area contributed by atoms with Gasteiger partial charge in [0, 0.05) is 27.1 Å². The summed E-state index contributed by atoms with van der Waals surface area (Å²) in [7, 11) is -3.97. The molecule has 1 amide bonds. The van der Waals surface area contributed by atoms with Gasteiger partial charge in [-0.3, -0.25) is 9.10 Å². The highest BCUT2D eigenvalue weighted by atomic mass is 79.9. The fraction of sp³-hybridized carbons (Fsp3) is 0.143. The van der Waals surface area contributed by atoms with Gasteiger partial charge in [0.2, 0.25) is 0 Å². The molecule has 0 saturated carbocycles. The molecule has 0 aliphatic carbocycles. The van der Waals surface area contributed by atoms with E-state index in [2.05, 4.69) is 31.0 Å². The van der Waals surface area contributed by atoms with Crippen molar-refractivity contribution < 1.29 is 13.2 Å². The van der Waals surface area contributed by atoms with Crippen LogP contribution in [0.2, 0.25) is 0 Å². The Morgan fingerprint density at radius 1 is 0.973 bits per heavy atom. The zero-order valence-electron chi connectivity index (χ0n) is 20.7. The highest BCUT2D eigenvalue weighted by Crippen LogP contribution is 2.24. The molecule has 3 aromatic carbocycles. The number of halogens is 1. The quantitative estimate of drug-likeness (QED) is 0.221.